The summed E-state index contributed by atoms with van der Waals surface area (Å²) in [5, 5.41) is 23.7. The molecule has 0 aliphatic rings. The van der Waals surface area contributed by atoms with Gasteiger partial charge in [-0.05, 0) is 12.1 Å². The van der Waals surface area contributed by atoms with Gasteiger partial charge in [0, 0.05) is 12.3 Å². The number of non-ortho nitro benzene ring substituents is 1. The van der Waals surface area contributed by atoms with E-state index in [0.717, 1.165) is 16.9 Å². The molecule has 0 amide bonds. The van der Waals surface area contributed by atoms with Gasteiger partial charge in [-0.3, -0.25) is 14.8 Å². The summed E-state index contributed by atoms with van der Waals surface area (Å²) in [6.45, 7) is -0.451. The number of nitro benzene ring substituents is 1. The second kappa shape index (κ2) is 6.65. The van der Waals surface area contributed by atoms with Gasteiger partial charge < -0.3 is 9.84 Å². The van der Waals surface area contributed by atoms with Crippen LogP contribution in [0.25, 0.3) is 0 Å². The van der Waals surface area contributed by atoms with E-state index in [1.165, 1.54) is 24.3 Å². The van der Waals surface area contributed by atoms with Crippen molar-refractivity contribution in [1.29, 1.82) is 0 Å². The molecule has 0 aliphatic heterocycles. The summed E-state index contributed by atoms with van der Waals surface area (Å²) in [7, 11) is 0. The molecule has 0 fully saturated rings. The lowest BCUT2D eigenvalue weighted by Gasteiger charge is -2.12. The number of benzene rings is 1. The zero-order valence-electron chi connectivity index (χ0n) is 11.6. The fraction of sp³-hybridized carbons (Fsp3) is 0.308. The molecular weight excluding hydrogens is 319 g/mol. The van der Waals surface area contributed by atoms with Crippen molar-refractivity contribution in [3.63, 3.8) is 0 Å². The number of aromatic nitrogens is 2. The van der Waals surface area contributed by atoms with Crippen molar-refractivity contribution in [2.45, 2.75) is 18.8 Å². The Labute approximate surface area is 128 Å². The van der Waals surface area contributed by atoms with E-state index in [9.17, 15) is 28.4 Å². The van der Waals surface area contributed by atoms with E-state index in [0.29, 0.717) is 0 Å². The van der Waals surface area contributed by atoms with E-state index in [1.807, 2.05) is 0 Å². The molecule has 0 bridgehead atoms. The van der Waals surface area contributed by atoms with Crippen LogP contribution in [0.2, 0.25) is 0 Å². The fourth-order valence-corrected chi connectivity index (χ4v) is 1.76. The summed E-state index contributed by atoms with van der Waals surface area (Å²) < 4.78 is 43.3. The highest BCUT2D eigenvalue weighted by Crippen LogP contribution is 2.27. The lowest BCUT2D eigenvalue weighted by atomic mass is 10.3. The van der Waals surface area contributed by atoms with Gasteiger partial charge in [0.15, 0.2) is 5.69 Å². The number of hydrogen-bond acceptors (Lipinski definition) is 5. The van der Waals surface area contributed by atoms with Crippen molar-refractivity contribution in [1.82, 2.24) is 9.78 Å². The maximum absolute atomic E-state index is 12.4. The molecule has 124 valence electrons. The highest BCUT2D eigenvalue weighted by atomic mass is 19.4. The Morgan fingerprint density at radius 2 is 2.13 bits per heavy atom. The molecule has 1 heterocycles. The van der Waals surface area contributed by atoms with E-state index >= 15 is 0 Å². The number of halogens is 3. The average molecular weight is 331 g/mol. The first kappa shape index (κ1) is 16.7. The summed E-state index contributed by atoms with van der Waals surface area (Å²) in [6, 6.07) is 6.15. The lowest BCUT2D eigenvalue weighted by molar-refractivity contribution is -0.384. The molecule has 1 aromatic heterocycles. The molecule has 1 N–H and O–H groups in total. The van der Waals surface area contributed by atoms with Gasteiger partial charge in [0.2, 0.25) is 0 Å². The van der Waals surface area contributed by atoms with Crippen molar-refractivity contribution in [2.75, 3.05) is 6.61 Å². The van der Waals surface area contributed by atoms with Crippen molar-refractivity contribution in [2.24, 2.45) is 0 Å². The number of aliphatic hydroxyl groups excluding tert-OH is 1. The molecule has 7 nitrogen and oxygen atoms in total. The third kappa shape index (κ3) is 4.68. The standard InChI is InChI=1S/C13H12F3N3O4/c14-13(15,16)12-4-5-18(17-12)7-10(20)8-23-11-3-1-2-9(6-11)19(21)22/h1-6,10,20H,7-8H2/t10-/m0/s1. The topological polar surface area (TPSA) is 90.4 Å². The Morgan fingerprint density at radius 3 is 2.74 bits per heavy atom. The number of hydrogen-bond donors (Lipinski definition) is 1. The van der Waals surface area contributed by atoms with Crippen molar-refractivity contribution < 1.29 is 27.9 Å². The summed E-state index contributed by atoms with van der Waals surface area (Å²) in [6.07, 6.45) is -4.58. The molecule has 0 radical (unpaired) electrons. The molecule has 0 saturated heterocycles. The number of ether oxygens (including phenoxy) is 1. The van der Waals surface area contributed by atoms with Crippen LogP contribution in [-0.2, 0) is 12.7 Å². The van der Waals surface area contributed by atoms with Gasteiger partial charge in [0.25, 0.3) is 5.69 Å². The summed E-state index contributed by atoms with van der Waals surface area (Å²) in [5.74, 6) is 0.176. The number of aliphatic hydroxyl groups is 1. The van der Waals surface area contributed by atoms with Crippen LogP contribution in [0, 0.1) is 10.1 Å². The van der Waals surface area contributed by atoms with Gasteiger partial charge >= 0.3 is 6.18 Å². The van der Waals surface area contributed by atoms with Gasteiger partial charge in [-0.15, -0.1) is 0 Å². The highest BCUT2D eigenvalue weighted by molar-refractivity contribution is 5.37. The maximum Gasteiger partial charge on any atom is 0.435 e. The first-order valence-electron chi connectivity index (χ1n) is 6.41. The zero-order valence-corrected chi connectivity index (χ0v) is 11.6. The SMILES string of the molecule is O=[N+]([O-])c1cccc(OC[C@@H](O)Cn2ccc(C(F)(F)F)n2)c1. The van der Waals surface area contributed by atoms with E-state index in [1.54, 1.807) is 0 Å². The Kier molecular flexibility index (Phi) is 4.84. The molecule has 1 atom stereocenters. The molecule has 2 aromatic rings. The van der Waals surface area contributed by atoms with Crippen molar-refractivity contribution in [3.8, 4) is 5.75 Å². The summed E-state index contributed by atoms with van der Waals surface area (Å²) >= 11 is 0. The van der Waals surface area contributed by atoms with Crippen LogP contribution in [0.3, 0.4) is 0 Å². The predicted octanol–water partition coefficient (Wildman–Crippen LogP) is 2.25. The minimum Gasteiger partial charge on any atom is -0.491 e. The Hall–Kier alpha value is -2.62. The normalized spacial score (nSPS) is 12.9. The second-order valence-corrected chi connectivity index (χ2v) is 4.64. The number of rotatable bonds is 6. The molecule has 0 unspecified atom stereocenters. The molecule has 23 heavy (non-hydrogen) atoms. The Morgan fingerprint density at radius 1 is 1.39 bits per heavy atom. The van der Waals surface area contributed by atoms with Crippen LogP contribution < -0.4 is 4.74 Å². The molecule has 1 aromatic carbocycles. The lowest BCUT2D eigenvalue weighted by Crippen LogP contribution is -2.24. The first-order valence-corrected chi connectivity index (χ1v) is 6.41. The Bertz CT molecular complexity index is 687. The molecule has 0 aliphatic carbocycles. The minimum atomic E-state index is -4.55. The molecule has 10 heteroatoms. The number of nitrogens with zero attached hydrogens (tertiary/aromatic N) is 3. The van der Waals surface area contributed by atoms with Crippen molar-refractivity contribution in [3.05, 3.63) is 52.3 Å². The van der Waals surface area contributed by atoms with Gasteiger partial charge in [-0.25, -0.2) is 0 Å². The third-order valence-electron chi connectivity index (χ3n) is 2.80. The maximum atomic E-state index is 12.4. The molecule has 2 rings (SSSR count). The highest BCUT2D eigenvalue weighted by Gasteiger charge is 2.33. The third-order valence-corrected chi connectivity index (χ3v) is 2.80. The molecular formula is C13H12F3N3O4. The van der Waals surface area contributed by atoms with E-state index in [2.05, 4.69) is 5.10 Å². The predicted molar refractivity (Wildman–Crippen MR) is 71.8 cm³/mol. The average Bonchev–Trinajstić information content (AvgIpc) is 2.94. The minimum absolute atomic E-state index is 0.168. The fourth-order valence-electron chi connectivity index (χ4n) is 1.76. The summed E-state index contributed by atoms with van der Waals surface area (Å²) in [5.41, 5.74) is -1.22. The monoisotopic (exact) mass is 331 g/mol. The number of nitro groups is 1. The molecule has 0 spiro atoms. The second-order valence-electron chi connectivity index (χ2n) is 4.64. The Balaban J connectivity index is 1.90. The first-order chi connectivity index (χ1) is 10.8. The van der Waals surface area contributed by atoms with E-state index < -0.39 is 22.9 Å². The number of alkyl halides is 3. The van der Waals surface area contributed by atoms with Gasteiger partial charge in [-0.1, -0.05) is 6.07 Å². The van der Waals surface area contributed by atoms with Crippen LogP contribution in [0.1, 0.15) is 5.69 Å². The van der Waals surface area contributed by atoms with Gasteiger partial charge in [0.05, 0.1) is 17.5 Å². The van der Waals surface area contributed by atoms with Crippen LogP contribution in [-0.4, -0.2) is 32.5 Å². The largest absolute Gasteiger partial charge is 0.491 e. The van der Waals surface area contributed by atoms with Crippen LogP contribution in [0.15, 0.2) is 36.5 Å². The quantitative estimate of drug-likeness (QED) is 0.647. The van der Waals surface area contributed by atoms with E-state index in [-0.39, 0.29) is 24.6 Å². The van der Waals surface area contributed by atoms with Crippen LogP contribution >= 0.6 is 0 Å². The van der Waals surface area contributed by atoms with Gasteiger partial charge in [0.1, 0.15) is 18.5 Å². The van der Waals surface area contributed by atoms with E-state index in [4.69, 9.17) is 4.74 Å². The van der Waals surface area contributed by atoms with Crippen molar-refractivity contribution >= 4 is 5.69 Å². The van der Waals surface area contributed by atoms with Gasteiger partial charge in [-0.2, -0.15) is 18.3 Å². The molecule has 0 saturated carbocycles. The summed E-state index contributed by atoms with van der Waals surface area (Å²) in [4.78, 5) is 10.0. The van der Waals surface area contributed by atoms with Crippen LogP contribution in [0.5, 0.6) is 5.75 Å². The zero-order chi connectivity index (χ0) is 17.0. The van der Waals surface area contributed by atoms with Crippen LogP contribution in [0.4, 0.5) is 18.9 Å². The smallest absolute Gasteiger partial charge is 0.435 e.